The quantitative estimate of drug-likeness (QED) is 0.555. The van der Waals surface area contributed by atoms with Gasteiger partial charge in [0.2, 0.25) is 0 Å². The molecule has 0 saturated heterocycles. The third-order valence-electron chi connectivity index (χ3n) is 4.24. The van der Waals surface area contributed by atoms with Crippen LogP contribution in [0.15, 0.2) is 0 Å². The summed E-state index contributed by atoms with van der Waals surface area (Å²) in [6, 6.07) is 0. The SMILES string of the molecule is CC(C)[C@H]1CC[C@@H]2CCCC[C@@H]21. The highest BCUT2D eigenvalue weighted by Crippen LogP contribution is 2.48. The molecule has 0 bridgehead atoms. The largest absolute Gasteiger partial charge is 0.0625 e. The molecule has 0 unspecified atom stereocenters. The summed E-state index contributed by atoms with van der Waals surface area (Å²) >= 11 is 0. The van der Waals surface area contributed by atoms with Crippen molar-refractivity contribution in [1.29, 1.82) is 0 Å². The first-order valence-corrected chi connectivity index (χ1v) is 5.79. The fraction of sp³-hybridized carbons (Fsp3) is 1.00. The Hall–Kier alpha value is 0. The highest BCUT2D eigenvalue weighted by molar-refractivity contribution is 4.88. The minimum Gasteiger partial charge on any atom is -0.0625 e. The van der Waals surface area contributed by atoms with Gasteiger partial charge in [0.1, 0.15) is 0 Å². The Morgan fingerprint density at radius 3 is 2.42 bits per heavy atom. The molecule has 0 N–H and O–H groups in total. The Morgan fingerprint density at radius 2 is 1.67 bits per heavy atom. The maximum Gasteiger partial charge on any atom is -0.0355 e. The predicted octanol–water partition coefficient (Wildman–Crippen LogP) is 3.86. The lowest BCUT2D eigenvalue weighted by atomic mass is 9.75. The molecule has 2 saturated carbocycles. The molecule has 12 heavy (non-hydrogen) atoms. The van der Waals surface area contributed by atoms with Crippen LogP contribution >= 0.6 is 0 Å². The minimum atomic E-state index is 0.943. The van der Waals surface area contributed by atoms with Gasteiger partial charge < -0.3 is 0 Å². The molecular formula is C12H22. The highest BCUT2D eigenvalue weighted by Gasteiger charge is 2.38. The fourth-order valence-corrected chi connectivity index (χ4v) is 3.61. The van der Waals surface area contributed by atoms with Crippen LogP contribution < -0.4 is 0 Å². The lowest BCUT2D eigenvalue weighted by Crippen LogP contribution is -2.22. The molecular weight excluding hydrogens is 144 g/mol. The lowest BCUT2D eigenvalue weighted by molar-refractivity contribution is 0.193. The Morgan fingerprint density at radius 1 is 0.917 bits per heavy atom. The molecule has 0 amide bonds. The second-order valence-electron chi connectivity index (χ2n) is 5.19. The third-order valence-corrected chi connectivity index (χ3v) is 4.24. The van der Waals surface area contributed by atoms with Crippen molar-refractivity contribution in [3.05, 3.63) is 0 Å². The average Bonchev–Trinajstić information content (AvgIpc) is 2.47. The Labute approximate surface area is 76.7 Å². The van der Waals surface area contributed by atoms with Gasteiger partial charge in [-0.25, -0.2) is 0 Å². The first-order chi connectivity index (χ1) is 5.79. The minimum absolute atomic E-state index is 0.943. The molecule has 0 aliphatic heterocycles. The van der Waals surface area contributed by atoms with Crippen LogP contribution in [0.25, 0.3) is 0 Å². The number of rotatable bonds is 1. The summed E-state index contributed by atoms with van der Waals surface area (Å²) in [5.41, 5.74) is 0. The van der Waals surface area contributed by atoms with E-state index in [1.54, 1.807) is 19.3 Å². The normalized spacial score (nSPS) is 41.8. The molecule has 3 atom stereocenters. The van der Waals surface area contributed by atoms with Crippen LogP contribution in [0.1, 0.15) is 52.4 Å². The third kappa shape index (κ3) is 1.41. The molecule has 0 nitrogen and oxygen atoms in total. The average molecular weight is 166 g/mol. The predicted molar refractivity (Wildman–Crippen MR) is 53.0 cm³/mol. The van der Waals surface area contributed by atoms with Gasteiger partial charge in [-0.15, -0.1) is 0 Å². The van der Waals surface area contributed by atoms with Gasteiger partial charge in [-0.1, -0.05) is 33.1 Å². The van der Waals surface area contributed by atoms with Crippen LogP contribution in [0, 0.1) is 23.7 Å². The number of fused-ring (bicyclic) bond motifs is 1. The number of hydrogen-bond donors (Lipinski definition) is 0. The van der Waals surface area contributed by atoms with Crippen LogP contribution in [-0.4, -0.2) is 0 Å². The standard InChI is InChI=1S/C12H22/c1-9(2)11-8-7-10-5-3-4-6-12(10)11/h9-12H,3-8H2,1-2H3/t10-,11+,12-/m0/s1. The molecule has 0 aromatic heterocycles. The van der Waals surface area contributed by atoms with Gasteiger partial charge in [-0.05, 0) is 42.9 Å². The zero-order chi connectivity index (χ0) is 8.55. The first-order valence-electron chi connectivity index (χ1n) is 5.79. The fourth-order valence-electron chi connectivity index (χ4n) is 3.61. The van der Waals surface area contributed by atoms with Crippen molar-refractivity contribution in [1.82, 2.24) is 0 Å². The van der Waals surface area contributed by atoms with Gasteiger partial charge in [0, 0.05) is 0 Å². The van der Waals surface area contributed by atoms with Gasteiger partial charge >= 0.3 is 0 Å². The van der Waals surface area contributed by atoms with E-state index in [-0.39, 0.29) is 0 Å². The van der Waals surface area contributed by atoms with Gasteiger partial charge in [0.15, 0.2) is 0 Å². The van der Waals surface area contributed by atoms with Gasteiger partial charge in [0.25, 0.3) is 0 Å². The van der Waals surface area contributed by atoms with Crippen LogP contribution in [0.3, 0.4) is 0 Å². The summed E-state index contributed by atoms with van der Waals surface area (Å²) in [5, 5.41) is 0. The van der Waals surface area contributed by atoms with Gasteiger partial charge in [-0.2, -0.15) is 0 Å². The van der Waals surface area contributed by atoms with Crippen LogP contribution in [-0.2, 0) is 0 Å². The number of hydrogen-bond acceptors (Lipinski definition) is 0. The van der Waals surface area contributed by atoms with E-state index in [0.29, 0.717) is 0 Å². The Kier molecular flexibility index (Phi) is 2.43. The van der Waals surface area contributed by atoms with Crippen LogP contribution in [0.4, 0.5) is 0 Å². The van der Waals surface area contributed by atoms with Crippen LogP contribution in [0.5, 0.6) is 0 Å². The smallest absolute Gasteiger partial charge is 0.0355 e. The Balaban J connectivity index is 2.01. The molecule has 70 valence electrons. The van der Waals surface area contributed by atoms with Crippen molar-refractivity contribution in [3.8, 4) is 0 Å². The summed E-state index contributed by atoms with van der Waals surface area (Å²) in [5.74, 6) is 4.28. The van der Waals surface area contributed by atoms with Crippen molar-refractivity contribution in [2.24, 2.45) is 23.7 Å². The second kappa shape index (κ2) is 3.40. The second-order valence-corrected chi connectivity index (χ2v) is 5.19. The molecule has 2 fully saturated rings. The zero-order valence-electron chi connectivity index (χ0n) is 8.55. The van der Waals surface area contributed by atoms with Crippen molar-refractivity contribution in [2.45, 2.75) is 52.4 Å². The summed E-state index contributed by atoms with van der Waals surface area (Å²) in [7, 11) is 0. The van der Waals surface area contributed by atoms with E-state index in [2.05, 4.69) is 13.8 Å². The lowest BCUT2D eigenvalue weighted by Gasteiger charge is -2.31. The van der Waals surface area contributed by atoms with Crippen molar-refractivity contribution in [3.63, 3.8) is 0 Å². The van der Waals surface area contributed by atoms with E-state index in [9.17, 15) is 0 Å². The molecule has 0 spiro atoms. The van der Waals surface area contributed by atoms with E-state index >= 15 is 0 Å². The van der Waals surface area contributed by atoms with Crippen LogP contribution in [0.2, 0.25) is 0 Å². The molecule has 0 heteroatoms. The highest BCUT2D eigenvalue weighted by atomic mass is 14.4. The summed E-state index contributed by atoms with van der Waals surface area (Å²) in [6.07, 6.45) is 9.22. The first kappa shape index (κ1) is 8.59. The maximum atomic E-state index is 2.42. The summed E-state index contributed by atoms with van der Waals surface area (Å²) in [4.78, 5) is 0. The summed E-state index contributed by atoms with van der Waals surface area (Å²) < 4.78 is 0. The van der Waals surface area contributed by atoms with Crippen molar-refractivity contribution < 1.29 is 0 Å². The van der Waals surface area contributed by atoms with E-state index < -0.39 is 0 Å². The maximum absolute atomic E-state index is 2.42. The van der Waals surface area contributed by atoms with E-state index in [1.165, 1.54) is 19.3 Å². The topological polar surface area (TPSA) is 0 Å². The van der Waals surface area contributed by atoms with E-state index in [1.807, 2.05) is 0 Å². The van der Waals surface area contributed by atoms with Gasteiger partial charge in [0.05, 0.1) is 0 Å². The van der Waals surface area contributed by atoms with Crippen molar-refractivity contribution in [2.75, 3.05) is 0 Å². The molecule has 0 aromatic rings. The molecule has 0 heterocycles. The molecule has 2 rings (SSSR count). The Bertz CT molecular complexity index is 148. The summed E-state index contributed by atoms with van der Waals surface area (Å²) in [6.45, 7) is 4.84. The molecule has 2 aliphatic carbocycles. The molecule has 0 radical (unpaired) electrons. The van der Waals surface area contributed by atoms with E-state index in [4.69, 9.17) is 0 Å². The monoisotopic (exact) mass is 166 g/mol. The van der Waals surface area contributed by atoms with E-state index in [0.717, 1.165) is 23.7 Å². The van der Waals surface area contributed by atoms with Crippen molar-refractivity contribution >= 4 is 0 Å². The molecule has 2 aliphatic rings. The molecule has 0 aromatic carbocycles. The van der Waals surface area contributed by atoms with Gasteiger partial charge in [-0.3, -0.25) is 0 Å². The zero-order valence-corrected chi connectivity index (χ0v) is 8.55.